The summed E-state index contributed by atoms with van der Waals surface area (Å²) in [7, 11) is 1.67. The molecule has 0 radical (unpaired) electrons. The van der Waals surface area contributed by atoms with Crippen molar-refractivity contribution >= 4 is 17.4 Å². The van der Waals surface area contributed by atoms with Gasteiger partial charge in [0.05, 0.1) is 31.2 Å². The first-order valence-electron chi connectivity index (χ1n) is 11.0. The van der Waals surface area contributed by atoms with Gasteiger partial charge in [-0.1, -0.05) is 12.1 Å². The van der Waals surface area contributed by atoms with Gasteiger partial charge in [0, 0.05) is 41.7 Å². The van der Waals surface area contributed by atoms with Crippen molar-refractivity contribution in [2.75, 3.05) is 12.4 Å². The number of aromatic nitrogens is 7. The Bertz CT molecular complexity index is 1420. The van der Waals surface area contributed by atoms with Crippen LogP contribution in [0.2, 0.25) is 0 Å². The molecule has 4 aromatic heterocycles. The highest BCUT2D eigenvalue weighted by molar-refractivity contribution is 5.66. The van der Waals surface area contributed by atoms with E-state index in [0.717, 1.165) is 39.7 Å². The van der Waals surface area contributed by atoms with Crippen LogP contribution in [-0.4, -0.2) is 41.5 Å². The van der Waals surface area contributed by atoms with Crippen molar-refractivity contribution < 1.29 is 4.74 Å². The number of aromatic amines is 1. The zero-order chi connectivity index (χ0) is 22.4. The molecule has 0 aliphatic heterocycles. The molecule has 0 spiro atoms. The molecule has 6 rings (SSSR count). The zero-order valence-corrected chi connectivity index (χ0v) is 18.5. The second kappa shape index (κ2) is 7.77. The van der Waals surface area contributed by atoms with Crippen molar-refractivity contribution in [1.82, 2.24) is 34.3 Å². The average Bonchev–Trinajstić information content (AvgIpc) is 3.19. The van der Waals surface area contributed by atoms with Crippen LogP contribution < -0.4 is 10.1 Å². The summed E-state index contributed by atoms with van der Waals surface area (Å²) in [6, 6.07) is 12.0. The summed E-state index contributed by atoms with van der Waals surface area (Å²) in [5, 5.41) is 15.5. The maximum Gasteiger partial charge on any atom is 0.215 e. The standard InChI is InChI=1S/C24H24N8O/c1-15-12-32-23(26-15)10-20(27-24(32)28-22-9-21(29-30-22)17-5-6-17)18-11-25-31(14-18)13-16-3-7-19(33-2)8-4-16/h3-4,7-12,14,17H,5-6,13H2,1-2H3,(H2,27,28,29,30). The third kappa shape index (κ3) is 3.93. The molecule has 166 valence electrons. The van der Waals surface area contributed by atoms with E-state index >= 15 is 0 Å². The third-order valence-corrected chi connectivity index (χ3v) is 5.86. The molecular weight excluding hydrogens is 416 g/mol. The Hall–Kier alpha value is -4.14. The van der Waals surface area contributed by atoms with Gasteiger partial charge in [-0.2, -0.15) is 10.2 Å². The fourth-order valence-corrected chi connectivity index (χ4v) is 3.97. The molecule has 1 aromatic carbocycles. The number of aryl methyl sites for hydroxylation is 1. The molecule has 1 aliphatic rings. The molecular formula is C24H24N8O. The number of nitrogens with zero attached hydrogens (tertiary/aromatic N) is 6. The van der Waals surface area contributed by atoms with Gasteiger partial charge < -0.3 is 10.1 Å². The second-order valence-electron chi connectivity index (χ2n) is 8.46. The number of ether oxygens (including phenoxy) is 1. The normalized spacial score (nSPS) is 13.5. The van der Waals surface area contributed by atoms with Crippen molar-refractivity contribution in [2.45, 2.75) is 32.2 Å². The lowest BCUT2D eigenvalue weighted by atomic mass is 10.2. The highest BCUT2D eigenvalue weighted by Crippen LogP contribution is 2.39. The quantitative estimate of drug-likeness (QED) is 0.392. The number of hydrogen-bond donors (Lipinski definition) is 2. The van der Waals surface area contributed by atoms with Crippen LogP contribution in [0.3, 0.4) is 0 Å². The van der Waals surface area contributed by atoms with Gasteiger partial charge in [0.1, 0.15) is 11.4 Å². The summed E-state index contributed by atoms with van der Waals surface area (Å²) in [5.41, 5.74) is 5.79. The van der Waals surface area contributed by atoms with Gasteiger partial charge in [-0.15, -0.1) is 0 Å². The number of methoxy groups -OCH3 is 1. The second-order valence-corrected chi connectivity index (χ2v) is 8.46. The fourth-order valence-electron chi connectivity index (χ4n) is 3.97. The van der Waals surface area contributed by atoms with Crippen molar-refractivity contribution in [2.24, 2.45) is 0 Å². The highest BCUT2D eigenvalue weighted by Gasteiger charge is 2.25. The van der Waals surface area contributed by atoms with Gasteiger partial charge in [-0.25, -0.2) is 9.97 Å². The molecule has 1 saturated carbocycles. The Morgan fingerprint density at radius 1 is 1.12 bits per heavy atom. The van der Waals surface area contributed by atoms with Gasteiger partial charge in [0.2, 0.25) is 5.95 Å². The van der Waals surface area contributed by atoms with Crippen molar-refractivity contribution in [3.8, 4) is 17.0 Å². The van der Waals surface area contributed by atoms with Gasteiger partial charge >= 0.3 is 0 Å². The van der Waals surface area contributed by atoms with E-state index in [-0.39, 0.29) is 0 Å². The Morgan fingerprint density at radius 3 is 2.76 bits per heavy atom. The Labute approximate surface area is 190 Å². The summed E-state index contributed by atoms with van der Waals surface area (Å²) in [6.07, 6.45) is 8.25. The number of benzene rings is 1. The molecule has 0 saturated heterocycles. The van der Waals surface area contributed by atoms with Gasteiger partial charge in [0.15, 0.2) is 5.82 Å². The molecule has 4 heterocycles. The van der Waals surface area contributed by atoms with Gasteiger partial charge in [-0.3, -0.25) is 14.2 Å². The maximum atomic E-state index is 5.24. The van der Waals surface area contributed by atoms with Crippen molar-refractivity contribution in [3.63, 3.8) is 0 Å². The molecule has 33 heavy (non-hydrogen) atoms. The topological polar surface area (TPSA) is 98.0 Å². The smallest absolute Gasteiger partial charge is 0.215 e. The first-order chi connectivity index (χ1) is 16.1. The highest BCUT2D eigenvalue weighted by atomic mass is 16.5. The third-order valence-electron chi connectivity index (χ3n) is 5.86. The molecule has 5 aromatic rings. The maximum absolute atomic E-state index is 5.24. The van der Waals surface area contributed by atoms with Crippen LogP contribution in [0.15, 0.2) is 55.0 Å². The van der Waals surface area contributed by atoms with E-state index in [9.17, 15) is 0 Å². The molecule has 9 heteroatoms. The Kier molecular flexibility index (Phi) is 4.60. The number of H-pyrrole nitrogens is 1. The van der Waals surface area contributed by atoms with Crippen molar-refractivity contribution in [3.05, 3.63) is 71.9 Å². The predicted molar refractivity (Wildman–Crippen MR) is 125 cm³/mol. The van der Waals surface area contributed by atoms with E-state index in [1.165, 1.54) is 18.5 Å². The fraction of sp³-hybridized carbons (Fsp3) is 0.250. The van der Waals surface area contributed by atoms with E-state index in [4.69, 9.17) is 9.72 Å². The summed E-state index contributed by atoms with van der Waals surface area (Å²) in [4.78, 5) is 9.53. The lowest BCUT2D eigenvalue weighted by molar-refractivity contribution is 0.414. The van der Waals surface area contributed by atoms with E-state index in [0.29, 0.717) is 18.4 Å². The van der Waals surface area contributed by atoms with Crippen LogP contribution in [0.1, 0.15) is 35.7 Å². The minimum atomic E-state index is 0.611. The van der Waals surface area contributed by atoms with Crippen LogP contribution in [0.4, 0.5) is 11.8 Å². The average molecular weight is 441 g/mol. The predicted octanol–water partition coefficient (Wildman–Crippen LogP) is 4.30. The molecule has 2 N–H and O–H groups in total. The van der Waals surface area contributed by atoms with E-state index < -0.39 is 0 Å². The molecule has 0 amide bonds. The van der Waals surface area contributed by atoms with Crippen LogP contribution in [0.25, 0.3) is 16.9 Å². The SMILES string of the molecule is COc1ccc(Cn2cc(-c3cc4nc(C)cn4c(Nc4cc(C5CC5)[nH]n4)n3)cn2)cc1. The lowest BCUT2D eigenvalue weighted by Crippen LogP contribution is -2.03. The number of fused-ring (bicyclic) bond motifs is 1. The zero-order valence-electron chi connectivity index (χ0n) is 18.5. The minimum Gasteiger partial charge on any atom is -0.497 e. The number of nitrogens with one attached hydrogen (secondary N) is 2. The van der Waals surface area contributed by atoms with Crippen molar-refractivity contribution in [1.29, 1.82) is 0 Å². The minimum absolute atomic E-state index is 0.611. The molecule has 0 unspecified atom stereocenters. The largest absolute Gasteiger partial charge is 0.497 e. The summed E-state index contributed by atoms with van der Waals surface area (Å²) in [5.74, 6) is 2.87. The van der Waals surface area contributed by atoms with E-state index in [1.807, 2.05) is 64.9 Å². The number of hydrogen-bond acceptors (Lipinski definition) is 6. The summed E-state index contributed by atoms with van der Waals surface area (Å²) >= 11 is 0. The number of imidazole rings is 1. The van der Waals surface area contributed by atoms with Crippen LogP contribution in [0.5, 0.6) is 5.75 Å². The van der Waals surface area contributed by atoms with E-state index in [2.05, 4.69) is 31.7 Å². The molecule has 9 nitrogen and oxygen atoms in total. The molecule has 1 fully saturated rings. The number of rotatable bonds is 7. The first-order valence-corrected chi connectivity index (χ1v) is 11.0. The molecule has 1 aliphatic carbocycles. The van der Waals surface area contributed by atoms with Gasteiger partial charge in [0.25, 0.3) is 0 Å². The van der Waals surface area contributed by atoms with Crippen LogP contribution in [-0.2, 0) is 6.54 Å². The number of anilines is 2. The monoisotopic (exact) mass is 440 g/mol. The van der Waals surface area contributed by atoms with Crippen LogP contribution in [0, 0.1) is 6.92 Å². The summed E-state index contributed by atoms with van der Waals surface area (Å²) < 4.78 is 9.09. The Balaban J connectivity index is 1.30. The molecule has 0 atom stereocenters. The first kappa shape index (κ1) is 19.5. The van der Waals surface area contributed by atoms with E-state index in [1.54, 1.807) is 7.11 Å². The van der Waals surface area contributed by atoms with Crippen LogP contribution >= 0.6 is 0 Å². The lowest BCUT2D eigenvalue weighted by Gasteiger charge is -2.08. The Morgan fingerprint density at radius 2 is 1.97 bits per heavy atom. The van der Waals surface area contributed by atoms with Gasteiger partial charge in [-0.05, 0) is 37.5 Å². The summed E-state index contributed by atoms with van der Waals surface area (Å²) in [6.45, 7) is 2.64. The molecule has 0 bridgehead atoms.